The Morgan fingerprint density at radius 3 is 2.61 bits per heavy atom. The zero-order valence-electron chi connectivity index (χ0n) is 16.4. The molecule has 1 saturated heterocycles. The van der Waals surface area contributed by atoms with Crippen molar-refractivity contribution < 1.29 is 4.79 Å². The number of aryl methyl sites for hydroxylation is 2. The maximum atomic E-state index is 13.2. The Balaban J connectivity index is 1.72. The number of hydrogen-bond donors (Lipinski definition) is 2. The molecule has 0 unspecified atom stereocenters. The summed E-state index contributed by atoms with van der Waals surface area (Å²) in [6.07, 6.45) is 3.72. The number of aromatic nitrogens is 2. The highest BCUT2D eigenvalue weighted by molar-refractivity contribution is 6.05. The highest BCUT2D eigenvalue weighted by Gasteiger charge is 2.27. The van der Waals surface area contributed by atoms with Gasteiger partial charge in [-0.25, -0.2) is 4.68 Å². The van der Waals surface area contributed by atoms with Gasteiger partial charge in [-0.2, -0.15) is 5.10 Å². The van der Waals surface area contributed by atoms with Crippen LogP contribution >= 0.6 is 0 Å². The Bertz CT molecular complexity index is 972. The van der Waals surface area contributed by atoms with E-state index in [-0.39, 0.29) is 5.91 Å². The van der Waals surface area contributed by atoms with E-state index in [1.165, 1.54) is 0 Å². The monoisotopic (exact) mass is 374 g/mol. The molecule has 0 spiro atoms. The van der Waals surface area contributed by atoms with Gasteiger partial charge in [0.1, 0.15) is 0 Å². The molecule has 3 aromatic rings. The topological polar surface area (TPSA) is 59.0 Å². The van der Waals surface area contributed by atoms with Gasteiger partial charge in [0.15, 0.2) is 0 Å². The summed E-state index contributed by atoms with van der Waals surface area (Å²) in [6.45, 7) is 5.96. The zero-order chi connectivity index (χ0) is 19.5. The summed E-state index contributed by atoms with van der Waals surface area (Å²) in [7, 11) is 0. The molecule has 4 rings (SSSR count). The van der Waals surface area contributed by atoms with Gasteiger partial charge in [0.2, 0.25) is 0 Å². The molecule has 1 aliphatic rings. The summed E-state index contributed by atoms with van der Waals surface area (Å²) >= 11 is 0. The van der Waals surface area contributed by atoms with Crippen LogP contribution in [0.15, 0.2) is 54.7 Å². The third-order valence-electron chi connectivity index (χ3n) is 5.42. The number of piperidine rings is 1. The van der Waals surface area contributed by atoms with Crippen LogP contribution in [0.4, 0.5) is 5.69 Å². The second-order valence-corrected chi connectivity index (χ2v) is 7.49. The summed E-state index contributed by atoms with van der Waals surface area (Å²) < 4.78 is 1.94. The fourth-order valence-electron chi connectivity index (χ4n) is 3.86. The third kappa shape index (κ3) is 3.71. The standard InChI is InChI=1S/C23H26N4O/c1-16-8-9-17(2)21(14-16)26-23(28)20-15-25-27(19-6-4-3-5-7-19)22(20)18-10-12-24-13-11-18/h3-9,14-15,18,24H,10-13H2,1-2H3,(H,26,28). The lowest BCUT2D eigenvalue weighted by Crippen LogP contribution is -2.29. The van der Waals surface area contributed by atoms with Gasteiger partial charge < -0.3 is 10.6 Å². The molecule has 1 aliphatic heterocycles. The molecular weight excluding hydrogens is 348 g/mol. The molecule has 0 radical (unpaired) electrons. The van der Waals surface area contributed by atoms with Crippen molar-refractivity contribution in [3.63, 3.8) is 0 Å². The van der Waals surface area contributed by atoms with Gasteiger partial charge >= 0.3 is 0 Å². The van der Waals surface area contributed by atoms with E-state index in [1.54, 1.807) is 6.20 Å². The van der Waals surface area contributed by atoms with E-state index in [0.29, 0.717) is 11.5 Å². The highest BCUT2D eigenvalue weighted by Crippen LogP contribution is 2.31. The predicted molar refractivity (Wildman–Crippen MR) is 112 cm³/mol. The Morgan fingerprint density at radius 1 is 1.11 bits per heavy atom. The molecule has 5 heteroatoms. The number of carbonyl (C=O) groups excluding carboxylic acids is 1. The highest BCUT2D eigenvalue weighted by atomic mass is 16.1. The smallest absolute Gasteiger partial charge is 0.259 e. The summed E-state index contributed by atoms with van der Waals surface area (Å²) in [4.78, 5) is 13.2. The fourth-order valence-corrected chi connectivity index (χ4v) is 3.86. The van der Waals surface area contributed by atoms with Crippen molar-refractivity contribution in [3.05, 3.63) is 77.1 Å². The second-order valence-electron chi connectivity index (χ2n) is 7.49. The van der Waals surface area contributed by atoms with Crippen molar-refractivity contribution in [2.45, 2.75) is 32.6 Å². The first-order valence-electron chi connectivity index (χ1n) is 9.86. The lowest BCUT2D eigenvalue weighted by atomic mass is 9.91. The van der Waals surface area contributed by atoms with Crippen LogP contribution in [0.2, 0.25) is 0 Å². The number of anilines is 1. The van der Waals surface area contributed by atoms with Crippen LogP contribution in [0.25, 0.3) is 5.69 Å². The Hall–Kier alpha value is -2.92. The van der Waals surface area contributed by atoms with Crippen molar-refractivity contribution >= 4 is 11.6 Å². The molecule has 0 bridgehead atoms. The fraction of sp³-hybridized carbons (Fsp3) is 0.304. The average molecular weight is 374 g/mol. The number of rotatable bonds is 4. The first-order chi connectivity index (χ1) is 13.6. The normalized spacial score (nSPS) is 14.8. The zero-order valence-corrected chi connectivity index (χ0v) is 16.4. The van der Waals surface area contributed by atoms with Crippen molar-refractivity contribution in [1.29, 1.82) is 0 Å². The van der Waals surface area contributed by atoms with Crippen LogP contribution in [-0.2, 0) is 0 Å². The van der Waals surface area contributed by atoms with Gasteiger partial charge in [0.05, 0.1) is 23.1 Å². The van der Waals surface area contributed by atoms with E-state index in [4.69, 9.17) is 0 Å². The molecule has 2 aromatic carbocycles. The van der Waals surface area contributed by atoms with E-state index in [0.717, 1.165) is 54.1 Å². The van der Waals surface area contributed by atoms with Gasteiger partial charge in [0, 0.05) is 11.6 Å². The number of para-hydroxylation sites is 1. The van der Waals surface area contributed by atoms with Gasteiger partial charge in [-0.3, -0.25) is 4.79 Å². The van der Waals surface area contributed by atoms with Crippen molar-refractivity contribution in [3.8, 4) is 5.69 Å². The summed E-state index contributed by atoms with van der Waals surface area (Å²) in [6, 6.07) is 16.2. The van der Waals surface area contributed by atoms with Crippen LogP contribution in [0.1, 0.15) is 45.9 Å². The van der Waals surface area contributed by atoms with Crippen LogP contribution in [-0.4, -0.2) is 28.8 Å². The Morgan fingerprint density at radius 2 is 1.86 bits per heavy atom. The van der Waals surface area contributed by atoms with E-state index in [1.807, 2.05) is 61.0 Å². The molecular formula is C23H26N4O. The third-order valence-corrected chi connectivity index (χ3v) is 5.42. The largest absolute Gasteiger partial charge is 0.322 e. The summed E-state index contributed by atoms with van der Waals surface area (Å²) in [5, 5.41) is 11.1. The van der Waals surface area contributed by atoms with E-state index < -0.39 is 0 Å². The van der Waals surface area contributed by atoms with Gasteiger partial charge in [-0.15, -0.1) is 0 Å². The first kappa shape index (κ1) is 18.4. The second kappa shape index (κ2) is 7.98. The molecule has 1 aromatic heterocycles. The quantitative estimate of drug-likeness (QED) is 0.719. The van der Waals surface area contributed by atoms with E-state index in [2.05, 4.69) is 21.8 Å². The van der Waals surface area contributed by atoms with Crippen molar-refractivity contribution in [2.75, 3.05) is 18.4 Å². The number of nitrogens with one attached hydrogen (secondary N) is 2. The van der Waals surface area contributed by atoms with Crippen molar-refractivity contribution in [1.82, 2.24) is 15.1 Å². The molecule has 5 nitrogen and oxygen atoms in total. The molecule has 144 valence electrons. The Labute approximate surface area is 165 Å². The molecule has 1 fully saturated rings. The van der Waals surface area contributed by atoms with Crippen molar-refractivity contribution in [2.24, 2.45) is 0 Å². The lowest BCUT2D eigenvalue weighted by Gasteiger charge is -2.24. The number of hydrogen-bond acceptors (Lipinski definition) is 3. The molecule has 2 heterocycles. The molecule has 28 heavy (non-hydrogen) atoms. The maximum absolute atomic E-state index is 13.2. The van der Waals surface area contributed by atoms with E-state index in [9.17, 15) is 4.79 Å². The Kier molecular flexibility index (Phi) is 5.26. The summed E-state index contributed by atoms with van der Waals surface area (Å²) in [5.41, 5.74) is 5.69. The molecule has 0 atom stereocenters. The van der Waals surface area contributed by atoms with Crippen LogP contribution in [0, 0.1) is 13.8 Å². The van der Waals surface area contributed by atoms with E-state index >= 15 is 0 Å². The number of benzene rings is 2. The lowest BCUT2D eigenvalue weighted by molar-refractivity contribution is 0.102. The maximum Gasteiger partial charge on any atom is 0.259 e. The molecule has 2 N–H and O–H groups in total. The van der Waals surface area contributed by atoms with Gasteiger partial charge in [-0.05, 0) is 69.1 Å². The van der Waals surface area contributed by atoms with Gasteiger partial charge in [0.25, 0.3) is 5.91 Å². The minimum absolute atomic E-state index is 0.0931. The van der Waals surface area contributed by atoms with Crippen LogP contribution in [0.3, 0.4) is 0 Å². The van der Waals surface area contributed by atoms with Gasteiger partial charge in [-0.1, -0.05) is 30.3 Å². The number of amides is 1. The molecule has 1 amide bonds. The number of nitrogens with zero attached hydrogens (tertiary/aromatic N) is 2. The van der Waals surface area contributed by atoms with Crippen LogP contribution in [0.5, 0.6) is 0 Å². The predicted octanol–water partition coefficient (Wildman–Crippen LogP) is 4.21. The minimum atomic E-state index is -0.0931. The van der Waals surface area contributed by atoms with Crippen LogP contribution < -0.4 is 10.6 Å². The number of carbonyl (C=O) groups is 1. The first-order valence-corrected chi connectivity index (χ1v) is 9.86. The molecule has 0 saturated carbocycles. The minimum Gasteiger partial charge on any atom is -0.322 e. The summed E-state index contributed by atoms with van der Waals surface area (Å²) in [5.74, 6) is 0.215. The molecule has 0 aliphatic carbocycles. The average Bonchev–Trinajstić information content (AvgIpc) is 3.17. The SMILES string of the molecule is Cc1ccc(C)c(NC(=O)c2cnn(-c3ccccc3)c2C2CCNCC2)c1.